The Balaban J connectivity index is 1.47. The van der Waals surface area contributed by atoms with Crippen LogP contribution < -0.4 is 10.6 Å². The summed E-state index contributed by atoms with van der Waals surface area (Å²) in [5, 5.41) is 14.4. The van der Waals surface area contributed by atoms with E-state index < -0.39 is 6.09 Å². The third-order valence-electron chi connectivity index (χ3n) is 3.89. The number of nitrogens with one attached hydrogen (secondary N) is 3. The molecule has 0 bridgehead atoms. The van der Waals surface area contributed by atoms with Gasteiger partial charge < -0.3 is 20.3 Å². The first-order valence-corrected chi connectivity index (χ1v) is 7.48. The number of urea groups is 1. The van der Waals surface area contributed by atoms with Crippen LogP contribution in [0.1, 0.15) is 19.3 Å². The SMILES string of the molecule is O=C(NCCC1CCCN1C(=O)O)Nc1cnc2[nH]ccc2n1. The number of hydrogen-bond acceptors (Lipinski definition) is 4. The van der Waals surface area contributed by atoms with Gasteiger partial charge in [-0.2, -0.15) is 0 Å². The predicted octanol–water partition coefficient (Wildman–Crippen LogP) is 1.61. The second kappa shape index (κ2) is 6.51. The van der Waals surface area contributed by atoms with Crippen molar-refractivity contribution in [1.82, 2.24) is 25.2 Å². The molecule has 9 heteroatoms. The average Bonchev–Trinajstić information content (AvgIpc) is 3.15. The zero-order chi connectivity index (χ0) is 16.2. The van der Waals surface area contributed by atoms with Gasteiger partial charge >= 0.3 is 12.1 Å². The van der Waals surface area contributed by atoms with E-state index in [0.29, 0.717) is 36.5 Å². The molecule has 3 rings (SSSR count). The molecule has 1 unspecified atom stereocenters. The Morgan fingerprint density at radius 3 is 3.17 bits per heavy atom. The molecule has 4 N–H and O–H groups in total. The molecular weight excluding hydrogens is 300 g/mol. The van der Waals surface area contributed by atoms with Crippen molar-refractivity contribution in [3.63, 3.8) is 0 Å². The average molecular weight is 318 g/mol. The van der Waals surface area contributed by atoms with Crippen LogP contribution >= 0.6 is 0 Å². The van der Waals surface area contributed by atoms with Crippen molar-refractivity contribution < 1.29 is 14.7 Å². The van der Waals surface area contributed by atoms with Crippen molar-refractivity contribution in [3.05, 3.63) is 18.5 Å². The lowest BCUT2D eigenvalue weighted by Gasteiger charge is -2.21. The lowest BCUT2D eigenvalue weighted by molar-refractivity contribution is 0.138. The van der Waals surface area contributed by atoms with Gasteiger partial charge in [0.1, 0.15) is 5.52 Å². The van der Waals surface area contributed by atoms with Crippen molar-refractivity contribution in [3.8, 4) is 0 Å². The van der Waals surface area contributed by atoms with E-state index in [4.69, 9.17) is 5.11 Å². The van der Waals surface area contributed by atoms with Gasteiger partial charge in [0, 0.05) is 25.3 Å². The first-order valence-electron chi connectivity index (χ1n) is 7.48. The molecular formula is C14H18N6O3. The van der Waals surface area contributed by atoms with Crippen LogP contribution in [0.4, 0.5) is 15.4 Å². The summed E-state index contributed by atoms with van der Waals surface area (Å²) in [5.74, 6) is 0.364. The number of carboxylic acid groups (broad SMARTS) is 1. The lowest BCUT2D eigenvalue weighted by atomic mass is 10.1. The van der Waals surface area contributed by atoms with Crippen molar-refractivity contribution in [2.45, 2.75) is 25.3 Å². The van der Waals surface area contributed by atoms with Gasteiger partial charge in [0.25, 0.3) is 0 Å². The summed E-state index contributed by atoms with van der Waals surface area (Å²) in [7, 11) is 0. The summed E-state index contributed by atoms with van der Waals surface area (Å²) in [6, 6.07) is 1.37. The Hall–Kier alpha value is -2.84. The predicted molar refractivity (Wildman–Crippen MR) is 83.3 cm³/mol. The molecule has 3 amide bonds. The van der Waals surface area contributed by atoms with Crippen molar-refractivity contribution in [1.29, 1.82) is 0 Å². The minimum absolute atomic E-state index is 0.0243. The van der Waals surface area contributed by atoms with Crippen LogP contribution in [-0.4, -0.2) is 56.2 Å². The van der Waals surface area contributed by atoms with Gasteiger partial charge in [0.05, 0.1) is 6.20 Å². The molecule has 2 aromatic rings. The largest absolute Gasteiger partial charge is 0.465 e. The topological polar surface area (TPSA) is 123 Å². The van der Waals surface area contributed by atoms with Crippen LogP contribution in [0.25, 0.3) is 11.2 Å². The zero-order valence-electron chi connectivity index (χ0n) is 12.5. The van der Waals surface area contributed by atoms with E-state index in [1.54, 1.807) is 12.3 Å². The highest BCUT2D eigenvalue weighted by molar-refractivity contribution is 5.89. The number of aromatic nitrogens is 3. The van der Waals surface area contributed by atoms with E-state index in [9.17, 15) is 9.59 Å². The molecule has 0 aliphatic carbocycles. The van der Waals surface area contributed by atoms with Gasteiger partial charge in [-0.3, -0.25) is 5.32 Å². The Labute approximate surface area is 132 Å². The van der Waals surface area contributed by atoms with Crippen LogP contribution in [0.2, 0.25) is 0 Å². The molecule has 0 saturated carbocycles. The van der Waals surface area contributed by atoms with Gasteiger partial charge in [0.2, 0.25) is 0 Å². The van der Waals surface area contributed by atoms with Gasteiger partial charge in [-0.05, 0) is 25.3 Å². The molecule has 1 atom stereocenters. The number of amides is 3. The Morgan fingerprint density at radius 2 is 2.35 bits per heavy atom. The van der Waals surface area contributed by atoms with Crippen molar-refractivity contribution in [2.75, 3.05) is 18.4 Å². The van der Waals surface area contributed by atoms with E-state index in [1.165, 1.54) is 11.1 Å². The molecule has 3 heterocycles. The fourth-order valence-corrected chi connectivity index (χ4v) is 2.79. The smallest absolute Gasteiger partial charge is 0.407 e. The summed E-state index contributed by atoms with van der Waals surface area (Å²) >= 11 is 0. The van der Waals surface area contributed by atoms with Crippen molar-refractivity contribution >= 4 is 29.1 Å². The Morgan fingerprint density at radius 1 is 1.48 bits per heavy atom. The highest BCUT2D eigenvalue weighted by Gasteiger charge is 2.27. The van der Waals surface area contributed by atoms with Crippen LogP contribution in [-0.2, 0) is 0 Å². The summed E-state index contributed by atoms with van der Waals surface area (Å²) in [6.45, 7) is 0.971. The maximum atomic E-state index is 11.8. The van der Waals surface area contributed by atoms with Gasteiger partial charge in [-0.25, -0.2) is 19.6 Å². The fourth-order valence-electron chi connectivity index (χ4n) is 2.79. The summed E-state index contributed by atoms with van der Waals surface area (Å²) in [5.41, 5.74) is 1.33. The van der Waals surface area contributed by atoms with E-state index >= 15 is 0 Å². The van der Waals surface area contributed by atoms with Crippen LogP contribution in [0.3, 0.4) is 0 Å². The monoisotopic (exact) mass is 318 g/mol. The fraction of sp³-hybridized carbons (Fsp3) is 0.429. The number of fused-ring (bicyclic) bond motifs is 1. The molecule has 23 heavy (non-hydrogen) atoms. The highest BCUT2D eigenvalue weighted by atomic mass is 16.4. The number of nitrogens with zero attached hydrogens (tertiary/aromatic N) is 3. The molecule has 1 saturated heterocycles. The maximum Gasteiger partial charge on any atom is 0.407 e. The standard InChI is InChI=1S/C14H18N6O3/c21-13(16-5-3-9-2-1-7-20(9)14(22)23)19-11-8-17-12-10(18-11)4-6-15-12/h4,6,8-9H,1-3,5,7H2,(H,15,17)(H,22,23)(H2,16,18,19,21). The Kier molecular flexibility index (Phi) is 4.26. The Bertz CT molecular complexity index is 715. The van der Waals surface area contributed by atoms with Crippen LogP contribution in [0, 0.1) is 0 Å². The number of rotatable bonds is 4. The number of carbonyl (C=O) groups excluding carboxylic acids is 1. The van der Waals surface area contributed by atoms with E-state index in [2.05, 4.69) is 25.6 Å². The number of anilines is 1. The van der Waals surface area contributed by atoms with Crippen LogP contribution in [0.15, 0.2) is 18.5 Å². The molecule has 0 radical (unpaired) electrons. The number of H-pyrrole nitrogens is 1. The molecule has 2 aromatic heterocycles. The molecule has 0 spiro atoms. The first kappa shape index (κ1) is 15.1. The molecule has 1 aliphatic rings. The van der Waals surface area contributed by atoms with E-state index in [1.807, 2.05) is 0 Å². The second-order valence-corrected chi connectivity index (χ2v) is 5.41. The second-order valence-electron chi connectivity index (χ2n) is 5.41. The van der Waals surface area contributed by atoms with E-state index in [-0.39, 0.29) is 12.1 Å². The lowest BCUT2D eigenvalue weighted by Crippen LogP contribution is -2.38. The summed E-state index contributed by atoms with van der Waals surface area (Å²) in [6.07, 6.45) is 4.61. The first-order chi connectivity index (χ1) is 11.1. The molecule has 9 nitrogen and oxygen atoms in total. The third kappa shape index (κ3) is 3.50. The highest BCUT2D eigenvalue weighted by Crippen LogP contribution is 2.19. The number of carbonyl (C=O) groups is 2. The minimum atomic E-state index is -0.896. The molecule has 0 aromatic carbocycles. The summed E-state index contributed by atoms with van der Waals surface area (Å²) < 4.78 is 0. The molecule has 122 valence electrons. The van der Waals surface area contributed by atoms with Gasteiger partial charge in [-0.15, -0.1) is 0 Å². The summed E-state index contributed by atoms with van der Waals surface area (Å²) in [4.78, 5) is 35.6. The van der Waals surface area contributed by atoms with Gasteiger partial charge in [0.15, 0.2) is 11.5 Å². The number of hydrogen-bond donors (Lipinski definition) is 4. The van der Waals surface area contributed by atoms with Crippen LogP contribution in [0.5, 0.6) is 0 Å². The van der Waals surface area contributed by atoms with Crippen molar-refractivity contribution in [2.24, 2.45) is 0 Å². The quantitative estimate of drug-likeness (QED) is 0.682. The van der Waals surface area contributed by atoms with Gasteiger partial charge in [-0.1, -0.05) is 0 Å². The molecule has 1 fully saturated rings. The number of aromatic amines is 1. The normalized spacial score (nSPS) is 17.4. The third-order valence-corrected chi connectivity index (χ3v) is 3.89. The maximum absolute atomic E-state index is 11.8. The molecule has 1 aliphatic heterocycles. The van der Waals surface area contributed by atoms with E-state index in [0.717, 1.165) is 12.8 Å². The minimum Gasteiger partial charge on any atom is -0.465 e. The number of likely N-dealkylation sites (tertiary alicyclic amines) is 1. The zero-order valence-corrected chi connectivity index (χ0v) is 12.5.